The van der Waals surface area contributed by atoms with Gasteiger partial charge in [0.05, 0.1) is 16.6 Å². The number of pyridine rings is 1. The summed E-state index contributed by atoms with van der Waals surface area (Å²) in [4.78, 5) is 28.5. The van der Waals surface area contributed by atoms with E-state index < -0.39 is 27.4 Å². The lowest BCUT2D eigenvalue weighted by Crippen LogP contribution is -2.33. The maximum atomic E-state index is 14.4. The second-order valence-electron chi connectivity index (χ2n) is 7.06. The number of fused-ring (bicyclic) bond motifs is 1. The van der Waals surface area contributed by atoms with Crippen LogP contribution in [0.3, 0.4) is 0 Å². The lowest BCUT2D eigenvalue weighted by molar-refractivity contribution is 0.256. The average molecular weight is 532 g/mol. The number of halogens is 2. The number of anilines is 2. The number of hydrogen-bond acceptors (Lipinski definition) is 6. The molecule has 0 saturated heterocycles. The number of benzene rings is 2. The van der Waals surface area contributed by atoms with Gasteiger partial charge < -0.3 is 10.6 Å². The van der Waals surface area contributed by atoms with Crippen LogP contribution < -0.4 is 20.9 Å². The van der Waals surface area contributed by atoms with Crippen molar-refractivity contribution in [2.75, 3.05) is 17.7 Å². The molecule has 0 unspecified atom stereocenters. The van der Waals surface area contributed by atoms with E-state index in [2.05, 4.69) is 15.5 Å². The number of rotatable bonds is 5. The molecule has 35 heavy (non-hydrogen) atoms. The van der Waals surface area contributed by atoms with Crippen LogP contribution >= 0.6 is 22.9 Å². The Morgan fingerprint density at radius 2 is 1.86 bits per heavy atom. The van der Waals surface area contributed by atoms with Gasteiger partial charge in [-0.15, -0.1) is 11.3 Å². The fourth-order valence-electron chi connectivity index (χ4n) is 3.38. The number of nitrogens with one attached hydrogen (secondary N) is 3. The van der Waals surface area contributed by atoms with Gasteiger partial charge in [0.15, 0.2) is 0 Å². The van der Waals surface area contributed by atoms with Crippen molar-refractivity contribution in [3.63, 3.8) is 0 Å². The minimum absolute atomic E-state index is 0.0112. The Morgan fingerprint density at radius 1 is 1.14 bits per heavy atom. The van der Waals surface area contributed by atoms with E-state index in [4.69, 9.17) is 18.2 Å². The van der Waals surface area contributed by atoms with E-state index in [1.807, 2.05) is 4.72 Å². The maximum Gasteiger partial charge on any atom is 0.333 e. The van der Waals surface area contributed by atoms with Crippen LogP contribution in [0.15, 0.2) is 63.7 Å². The Kier molecular flexibility index (Phi) is 6.49. The van der Waals surface area contributed by atoms with Gasteiger partial charge in [0.1, 0.15) is 10.0 Å². The van der Waals surface area contributed by atoms with Crippen LogP contribution in [0.25, 0.3) is 21.3 Å². The first kappa shape index (κ1) is 24.2. The third-order valence-electron chi connectivity index (χ3n) is 4.94. The fourth-order valence-corrected chi connectivity index (χ4v) is 5.77. The lowest BCUT2D eigenvalue weighted by Gasteiger charge is -2.12. The van der Waals surface area contributed by atoms with Crippen molar-refractivity contribution in [3.05, 3.63) is 86.7 Å². The molecule has 0 aliphatic rings. The van der Waals surface area contributed by atoms with Crippen molar-refractivity contribution in [1.82, 2.24) is 9.29 Å². The van der Waals surface area contributed by atoms with Crippen LogP contribution in [0.2, 0.25) is 4.34 Å². The third-order valence-corrected chi connectivity index (χ3v) is 7.99. The fraction of sp³-hybridized carbons (Fsp3) is 0.0455. The van der Waals surface area contributed by atoms with Gasteiger partial charge in [0, 0.05) is 30.0 Å². The number of hydrogen-bond donors (Lipinski definition) is 3. The molecule has 2 heterocycles. The molecule has 4 rings (SSSR count). The quantitative estimate of drug-likeness (QED) is 0.315. The Hall–Kier alpha value is -3.92. The van der Waals surface area contributed by atoms with E-state index in [1.165, 1.54) is 54.2 Å². The number of thiophene rings is 1. The monoisotopic (exact) mass is 531 g/mol. The second kappa shape index (κ2) is 9.38. The molecule has 178 valence electrons. The number of urea groups is 1. The van der Waals surface area contributed by atoms with Gasteiger partial charge in [-0.05, 0) is 53.9 Å². The molecular formula is C22H15ClFN5O4S2. The first-order valence-corrected chi connectivity index (χ1v) is 12.4. The highest BCUT2D eigenvalue weighted by Gasteiger charge is 2.20. The normalized spacial score (nSPS) is 11.1. The summed E-state index contributed by atoms with van der Waals surface area (Å²) in [5.41, 5.74) is 0.165. The van der Waals surface area contributed by atoms with Gasteiger partial charge in [0.25, 0.3) is 15.6 Å². The van der Waals surface area contributed by atoms with E-state index in [-0.39, 0.29) is 31.0 Å². The van der Waals surface area contributed by atoms with E-state index in [1.54, 1.807) is 6.07 Å². The molecule has 0 aliphatic heterocycles. The van der Waals surface area contributed by atoms with Crippen molar-refractivity contribution >= 4 is 66.8 Å². The number of carbonyl (C=O) groups excluding carboxylic acids is 1. The van der Waals surface area contributed by atoms with Gasteiger partial charge in [-0.3, -0.25) is 9.36 Å². The molecule has 0 bridgehead atoms. The molecule has 9 nitrogen and oxygen atoms in total. The van der Waals surface area contributed by atoms with Crippen molar-refractivity contribution in [3.8, 4) is 5.69 Å². The number of sulfonamides is 1. The van der Waals surface area contributed by atoms with Crippen LogP contribution in [0.4, 0.5) is 26.2 Å². The highest BCUT2D eigenvalue weighted by Crippen LogP contribution is 2.35. The van der Waals surface area contributed by atoms with Crippen LogP contribution in [0.5, 0.6) is 0 Å². The Bertz CT molecular complexity index is 1680. The number of nitrogens with zero attached hydrogens (tertiary/aromatic N) is 2. The molecule has 0 radical (unpaired) electrons. The van der Waals surface area contributed by atoms with Crippen LogP contribution in [0.1, 0.15) is 0 Å². The number of aromatic nitrogens is 1. The topological polar surface area (TPSA) is 114 Å². The van der Waals surface area contributed by atoms with Crippen molar-refractivity contribution in [2.24, 2.45) is 0 Å². The summed E-state index contributed by atoms with van der Waals surface area (Å²) in [7, 11) is -2.59. The molecule has 2 amide bonds. The molecule has 2 aromatic heterocycles. The summed E-state index contributed by atoms with van der Waals surface area (Å²) in [5.74, 6) is -0.716. The van der Waals surface area contributed by atoms with E-state index in [0.717, 1.165) is 17.4 Å². The van der Waals surface area contributed by atoms with Crippen molar-refractivity contribution < 1.29 is 17.6 Å². The minimum Gasteiger partial charge on any atom is -0.394 e. The molecule has 0 aliphatic carbocycles. The SMILES string of the molecule is [C-]#[N+]c1c(NC)c(F)cc2c(=O)n(-c3ccc(NC(=O)NS(=O)(=O)c4ccc(Cl)s4)cc3)ccc12. The van der Waals surface area contributed by atoms with Crippen LogP contribution in [-0.4, -0.2) is 26.1 Å². The molecule has 0 fully saturated rings. The smallest absolute Gasteiger partial charge is 0.333 e. The zero-order valence-electron chi connectivity index (χ0n) is 17.8. The molecule has 2 aromatic carbocycles. The molecule has 13 heteroatoms. The predicted octanol–water partition coefficient (Wildman–Crippen LogP) is 4.95. The maximum absolute atomic E-state index is 14.4. The molecule has 0 spiro atoms. The summed E-state index contributed by atoms with van der Waals surface area (Å²) in [6.07, 6.45) is 1.46. The van der Waals surface area contributed by atoms with Gasteiger partial charge in [-0.2, -0.15) is 0 Å². The third kappa shape index (κ3) is 4.69. The number of carbonyl (C=O) groups is 1. The first-order valence-electron chi connectivity index (χ1n) is 9.77. The summed E-state index contributed by atoms with van der Waals surface area (Å²) < 4.78 is 42.2. The second-order valence-corrected chi connectivity index (χ2v) is 10.7. The Labute approximate surface area is 207 Å². The zero-order valence-corrected chi connectivity index (χ0v) is 20.2. The molecule has 0 atom stereocenters. The van der Waals surface area contributed by atoms with E-state index in [9.17, 15) is 22.4 Å². The summed E-state index contributed by atoms with van der Waals surface area (Å²) in [6.45, 7) is 7.37. The molecule has 0 saturated carbocycles. The largest absolute Gasteiger partial charge is 0.394 e. The summed E-state index contributed by atoms with van der Waals surface area (Å²) in [5, 5.41) is 5.39. The molecule has 4 aromatic rings. The zero-order chi connectivity index (χ0) is 25.3. The Morgan fingerprint density at radius 3 is 2.46 bits per heavy atom. The van der Waals surface area contributed by atoms with Crippen molar-refractivity contribution in [1.29, 1.82) is 0 Å². The van der Waals surface area contributed by atoms with Gasteiger partial charge >= 0.3 is 6.03 Å². The van der Waals surface area contributed by atoms with E-state index >= 15 is 0 Å². The first-order chi connectivity index (χ1) is 16.6. The van der Waals surface area contributed by atoms with Crippen LogP contribution in [-0.2, 0) is 10.0 Å². The summed E-state index contributed by atoms with van der Waals surface area (Å²) >= 11 is 6.55. The summed E-state index contributed by atoms with van der Waals surface area (Å²) in [6, 6.07) is 10.3. The molecular weight excluding hydrogens is 517 g/mol. The van der Waals surface area contributed by atoms with Gasteiger partial charge in [-0.25, -0.2) is 27.2 Å². The Balaban J connectivity index is 1.58. The highest BCUT2D eigenvalue weighted by molar-refractivity contribution is 7.92. The van der Waals surface area contributed by atoms with Crippen molar-refractivity contribution in [2.45, 2.75) is 4.21 Å². The highest BCUT2D eigenvalue weighted by atomic mass is 35.5. The number of amides is 2. The van der Waals surface area contributed by atoms with Crippen LogP contribution in [0, 0.1) is 12.4 Å². The van der Waals surface area contributed by atoms with E-state index in [0.29, 0.717) is 11.1 Å². The average Bonchev–Trinajstić information content (AvgIpc) is 3.26. The molecule has 3 N–H and O–H groups in total. The minimum atomic E-state index is -4.08. The lowest BCUT2D eigenvalue weighted by atomic mass is 10.1. The van der Waals surface area contributed by atoms with Gasteiger partial charge in [-0.1, -0.05) is 11.6 Å². The predicted molar refractivity (Wildman–Crippen MR) is 134 cm³/mol. The standard InChI is InChI=1S/C22H15ClFN5O4S2/c1-25-19-14-9-10-29(21(30)15(14)11-16(24)20(19)26-2)13-5-3-12(4-6-13)27-22(31)28-35(32,33)18-8-7-17(23)34-18/h3-11,26H,2H3,(H2,27,28,31). The van der Waals surface area contributed by atoms with Gasteiger partial charge in [0.2, 0.25) is 5.69 Å².